The van der Waals surface area contributed by atoms with Crippen molar-refractivity contribution >= 4 is 17.3 Å². The van der Waals surface area contributed by atoms with Gasteiger partial charge in [0.1, 0.15) is 11.5 Å². The number of nitrogens with zero attached hydrogens (tertiary/aromatic N) is 1. The average Bonchev–Trinajstić information content (AvgIpc) is 2.93. The number of carbonyl (C=O) groups excluding carboxylic acids is 1. The largest absolute Gasteiger partial charge is 0.494 e. The van der Waals surface area contributed by atoms with E-state index in [0.29, 0.717) is 43.0 Å². The second-order valence-electron chi connectivity index (χ2n) is 6.38. The summed E-state index contributed by atoms with van der Waals surface area (Å²) >= 11 is 0. The van der Waals surface area contributed by atoms with E-state index in [0.717, 1.165) is 12.1 Å². The molecule has 0 saturated heterocycles. The van der Waals surface area contributed by atoms with Gasteiger partial charge >= 0.3 is 0 Å². The lowest BCUT2D eigenvalue weighted by atomic mass is 10.1. The highest BCUT2D eigenvalue weighted by Crippen LogP contribution is 2.32. The van der Waals surface area contributed by atoms with Gasteiger partial charge in [0.15, 0.2) is 0 Å². The maximum Gasteiger partial charge on any atom is 0.244 e. The second-order valence-corrected chi connectivity index (χ2v) is 6.38. The summed E-state index contributed by atoms with van der Waals surface area (Å²) in [6, 6.07) is 14.1. The Labute approximate surface area is 154 Å². The van der Waals surface area contributed by atoms with Gasteiger partial charge in [-0.3, -0.25) is 4.79 Å². The number of fused-ring (bicyclic) bond motifs is 1. The SMILES string of the molecule is CCOc1ccc(OCC)c(NC(=O)CN2c3ccccc3CC2C)c1. The zero-order valence-corrected chi connectivity index (χ0v) is 15.6. The van der Waals surface area contributed by atoms with Gasteiger partial charge in [-0.2, -0.15) is 0 Å². The van der Waals surface area contributed by atoms with Crippen LogP contribution < -0.4 is 19.7 Å². The maximum atomic E-state index is 12.7. The maximum absolute atomic E-state index is 12.7. The van der Waals surface area contributed by atoms with E-state index in [-0.39, 0.29) is 5.91 Å². The second kappa shape index (κ2) is 8.13. The van der Waals surface area contributed by atoms with Crippen LogP contribution >= 0.6 is 0 Å². The minimum Gasteiger partial charge on any atom is -0.494 e. The first-order chi connectivity index (χ1) is 12.6. The number of ether oxygens (including phenoxy) is 2. The van der Waals surface area contributed by atoms with Crippen molar-refractivity contribution in [2.75, 3.05) is 30.0 Å². The molecule has 1 unspecified atom stereocenters. The standard InChI is InChI=1S/C21H26N2O3/c1-4-25-17-10-11-20(26-5-2)18(13-17)22-21(24)14-23-15(3)12-16-8-6-7-9-19(16)23/h6-11,13,15H,4-5,12,14H2,1-3H3,(H,22,24). The molecule has 1 N–H and O–H groups in total. The molecule has 1 heterocycles. The van der Waals surface area contributed by atoms with Crippen LogP contribution in [0.2, 0.25) is 0 Å². The number of para-hydroxylation sites is 1. The van der Waals surface area contributed by atoms with Crippen LogP contribution in [-0.4, -0.2) is 31.7 Å². The van der Waals surface area contributed by atoms with E-state index < -0.39 is 0 Å². The molecule has 3 rings (SSSR count). The normalized spacial score (nSPS) is 15.5. The molecule has 0 aromatic heterocycles. The molecule has 0 spiro atoms. The van der Waals surface area contributed by atoms with Crippen LogP contribution in [0.5, 0.6) is 11.5 Å². The first kappa shape index (κ1) is 18.1. The Kier molecular flexibility index (Phi) is 5.66. The topological polar surface area (TPSA) is 50.8 Å². The Hall–Kier alpha value is -2.69. The quantitative estimate of drug-likeness (QED) is 0.820. The third-order valence-corrected chi connectivity index (χ3v) is 4.50. The summed E-state index contributed by atoms with van der Waals surface area (Å²) in [6.07, 6.45) is 0.966. The molecule has 0 radical (unpaired) electrons. The summed E-state index contributed by atoms with van der Waals surface area (Å²) in [4.78, 5) is 14.9. The molecular formula is C21H26N2O3. The van der Waals surface area contributed by atoms with Gasteiger partial charge in [-0.25, -0.2) is 0 Å². The predicted molar refractivity (Wildman–Crippen MR) is 104 cm³/mol. The van der Waals surface area contributed by atoms with E-state index in [4.69, 9.17) is 9.47 Å². The summed E-state index contributed by atoms with van der Waals surface area (Å²) in [6.45, 7) is 7.42. The molecule has 0 saturated carbocycles. The van der Waals surface area contributed by atoms with E-state index >= 15 is 0 Å². The van der Waals surface area contributed by atoms with Crippen LogP contribution in [0.3, 0.4) is 0 Å². The molecular weight excluding hydrogens is 328 g/mol. The van der Waals surface area contributed by atoms with Gasteiger partial charge in [-0.1, -0.05) is 18.2 Å². The molecule has 138 valence electrons. The fourth-order valence-electron chi connectivity index (χ4n) is 3.36. The summed E-state index contributed by atoms with van der Waals surface area (Å²) in [5, 5.41) is 2.99. The Morgan fingerprint density at radius 3 is 2.69 bits per heavy atom. The highest BCUT2D eigenvalue weighted by molar-refractivity contribution is 5.96. The first-order valence-corrected chi connectivity index (χ1v) is 9.16. The van der Waals surface area contributed by atoms with E-state index in [9.17, 15) is 4.79 Å². The first-order valence-electron chi connectivity index (χ1n) is 9.16. The van der Waals surface area contributed by atoms with Crippen molar-refractivity contribution < 1.29 is 14.3 Å². The van der Waals surface area contributed by atoms with E-state index in [1.807, 2.05) is 44.2 Å². The summed E-state index contributed by atoms with van der Waals surface area (Å²) in [7, 11) is 0. The monoisotopic (exact) mass is 354 g/mol. The number of hydrogen-bond donors (Lipinski definition) is 1. The number of nitrogens with one attached hydrogen (secondary N) is 1. The van der Waals surface area contributed by atoms with Crippen molar-refractivity contribution in [3.63, 3.8) is 0 Å². The zero-order valence-electron chi connectivity index (χ0n) is 15.6. The third kappa shape index (κ3) is 3.93. The number of carbonyl (C=O) groups is 1. The minimum atomic E-state index is -0.0665. The number of benzene rings is 2. The Balaban J connectivity index is 1.74. The van der Waals surface area contributed by atoms with Gasteiger partial charge in [0, 0.05) is 17.8 Å². The number of rotatable bonds is 7. The fraction of sp³-hybridized carbons (Fsp3) is 0.381. The van der Waals surface area contributed by atoms with Gasteiger partial charge in [0.05, 0.1) is 25.4 Å². The Morgan fingerprint density at radius 1 is 1.15 bits per heavy atom. The fourth-order valence-corrected chi connectivity index (χ4v) is 3.36. The lowest BCUT2D eigenvalue weighted by Gasteiger charge is -2.24. The molecule has 2 aromatic rings. The van der Waals surface area contributed by atoms with Crippen LogP contribution in [-0.2, 0) is 11.2 Å². The van der Waals surface area contributed by atoms with Crippen LogP contribution in [0, 0.1) is 0 Å². The average molecular weight is 354 g/mol. The highest BCUT2D eigenvalue weighted by Gasteiger charge is 2.27. The van der Waals surface area contributed by atoms with Crippen LogP contribution in [0.1, 0.15) is 26.3 Å². The molecule has 1 atom stereocenters. The van der Waals surface area contributed by atoms with Gasteiger partial charge in [0.25, 0.3) is 0 Å². The molecule has 5 heteroatoms. The molecule has 1 aliphatic heterocycles. The zero-order chi connectivity index (χ0) is 18.5. The lowest BCUT2D eigenvalue weighted by Crippen LogP contribution is -2.37. The van der Waals surface area contributed by atoms with Crippen molar-refractivity contribution in [2.45, 2.75) is 33.2 Å². The predicted octanol–water partition coefficient (Wildman–Crippen LogP) is 3.87. The molecule has 0 aliphatic carbocycles. The third-order valence-electron chi connectivity index (χ3n) is 4.50. The molecule has 0 bridgehead atoms. The van der Waals surface area contributed by atoms with Gasteiger partial charge in [-0.05, 0) is 51.0 Å². The summed E-state index contributed by atoms with van der Waals surface area (Å²) in [5.74, 6) is 1.30. The molecule has 2 aromatic carbocycles. The van der Waals surface area contributed by atoms with Gasteiger partial charge in [-0.15, -0.1) is 0 Å². The van der Waals surface area contributed by atoms with Crippen LogP contribution in [0.25, 0.3) is 0 Å². The lowest BCUT2D eigenvalue weighted by molar-refractivity contribution is -0.115. The number of amides is 1. The van der Waals surface area contributed by atoms with E-state index in [1.165, 1.54) is 5.56 Å². The van der Waals surface area contributed by atoms with Crippen LogP contribution in [0.15, 0.2) is 42.5 Å². The van der Waals surface area contributed by atoms with Crippen molar-refractivity contribution in [3.8, 4) is 11.5 Å². The molecule has 26 heavy (non-hydrogen) atoms. The minimum absolute atomic E-state index is 0.0665. The molecule has 1 aliphatic rings. The van der Waals surface area contributed by atoms with Crippen molar-refractivity contribution in [1.29, 1.82) is 0 Å². The van der Waals surface area contributed by atoms with Gasteiger partial charge < -0.3 is 19.7 Å². The molecule has 5 nitrogen and oxygen atoms in total. The van der Waals surface area contributed by atoms with E-state index in [1.54, 1.807) is 0 Å². The summed E-state index contributed by atoms with van der Waals surface area (Å²) < 4.78 is 11.2. The van der Waals surface area contributed by atoms with Crippen molar-refractivity contribution in [2.24, 2.45) is 0 Å². The number of hydrogen-bond acceptors (Lipinski definition) is 4. The Bertz CT molecular complexity index is 776. The van der Waals surface area contributed by atoms with E-state index in [2.05, 4.69) is 29.3 Å². The van der Waals surface area contributed by atoms with Crippen molar-refractivity contribution in [1.82, 2.24) is 0 Å². The smallest absolute Gasteiger partial charge is 0.244 e. The van der Waals surface area contributed by atoms with Gasteiger partial charge in [0.2, 0.25) is 5.91 Å². The molecule has 1 amide bonds. The summed E-state index contributed by atoms with van der Waals surface area (Å²) in [5.41, 5.74) is 3.08. The Morgan fingerprint density at radius 2 is 1.92 bits per heavy atom. The molecule has 0 fully saturated rings. The van der Waals surface area contributed by atoms with Crippen LogP contribution in [0.4, 0.5) is 11.4 Å². The number of anilines is 2. The highest BCUT2D eigenvalue weighted by atomic mass is 16.5. The van der Waals surface area contributed by atoms with Crippen molar-refractivity contribution in [3.05, 3.63) is 48.0 Å².